The molecule has 1 N–H and O–H groups in total. The summed E-state index contributed by atoms with van der Waals surface area (Å²) < 4.78 is 19.2. The minimum Gasteiger partial charge on any atom is -0.378 e. The zero-order valence-corrected chi connectivity index (χ0v) is 10.3. The van der Waals surface area contributed by atoms with Gasteiger partial charge in [-0.15, -0.1) is 0 Å². The van der Waals surface area contributed by atoms with Gasteiger partial charge in [-0.3, -0.25) is 0 Å². The smallest absolute Gasteiger partial charge is 0.151 e. The van der Waals surface area contributed by atoms with Crippen molar-refractivity contribution in [3.05, 3.63) is 29.8 Å². The standard InChI is InChI=1S/C14H17FN2O/c15-11-5-3-6-12-14(11)17-13(16-12)8-7-10-4-1-2-9-18-10/h3,5-6,10H,1-2,4,7-9H2,(H,16,17). The Morgan fingerprint density at radius 3 is 3.11 bits per heavy atom. The molecule has 0 radical (unpaired) electrons. The number of aromatic amines is 1. The summed E-state index contributed by atoms with van der Waals surface area (Å²) in [5.74, 6) is 0.591. The predicted molar refractivity (Wildman–Crippen MR) is 68.0 cm³/mol. The van der Waals surface area contributed by atoms with Crippen molar-refractivity contribution in [1.29, 1.82) is 0 Å². The molecule has 1 fully saturated rings. The average molecular weight is 248 g/mol. The van der Waals surface area contributed by atoms with Gasteiger partial charge in [0.15, 0.2) is 5.82 Å². The number of H-pyrrole nitrogens is 1. The van der Waals surface area contributed by atoms with Gasteiger partial charge in [0.25, 0.3) is 0 Å². The van der Waals surface area contributed by atoms with E-state index in [1.54, 1.807) is 6.07 Å². The normalized spacial score (nSPS) is 20.4. The zero-order chi connectivity index (χ0) is 12.4. The van der Waals surface area contributed by atoms with E-state index in [1.165, 1.54) is 18.9 Å². The maximum Gasteiger partial charge on any atom is 0.151 e. The minimum absolute atomic E-state index is 0.260. The van der Waals surface area contributed by atoms with E-state index in [0.717, 1.165) is 37.2 Å². The lowest BCUT2D eigenvalue weighted by Crippen LogP contribution is -2.19. The van der Waals surface area contributed by atoms with Crippen molar-refractivity contribution < 1.29 is 9.13 Å². The number of imidazole rings is 1. The molecule has 1 atom stereocenters. The first kappa shape index (κ1) is 11.7. The van der Waals surface area contributed by atoms with Crippen LogP contribution in [0.15, 0.2) is 18.2 Å². The van der Waals surface area contributed by atoms with Gasteiger partial charge < -0.3 is 9.72 Å². The summed E-state index contributed by atoms with van der Waals surface area (Å²) in [7, 11) is 0. The van der Waals surface area contributed by atoms with Gasteiger partial charge in [0, 0.05) is 13.0 Å². The van der Waals surface area contributed by atoms with Crippen LogP contribution in [0.4, 0.5) is 4.39 Å². The Balaban J connectivity index is 1.69. The Kier molecular flexibility index (Phi) is 3.28. The molecule has 0 aliphatic carbocycles. The summed E-state index contributed by atoms with van der Waals surface area (Å²) in [4.78, 5) is 7.48. The molecule has 18 heavy (non-hydrogen) atoms. The monoisotopic (exact) mass is 248 g/mol. The Morgan fingerprint density at radius 2 is 2.33 bits per heavy atom. The Morgan fingerprint density at radius 1 is 1.39 bits per heavy atom. The van der Waals surface area contributed by atoms with Gasteiger partial charge in [0.2, 0.25) is 0 Å². The van der Waals surface area contributed by atoms with E-state index in [1.807, 2.05) is 6.07 Å². The summed E-state index contributed by atoms with van der Waals surface area (Å²) >= 11 is 0. The van der Waals surface area contributed by atoms with Gasteiger partial charge >= 0.3 is 0 Å². The highest BCUT2D eigenvalue weighted by Crippen LogP contribution is 2.19. The van der Waals surface area contributed by atoms with E-state index in [-0.39, 0.29) is 5.82 Å². The second kappa shape index (κ2) is 5.06. The van der Waals surface area contributed by atoms with Crippen molar-refractivity contribution in [2.45, 2.75) is 38.2 Å². The molecule has 1 aromatic carbocycles. The van der Waals surface area contributed by atoms with E-state index in [2.05, 4.69) is 9.97 Å². The summed E-state index contributed by atoms with van der Waals surface area (Å²) in [5, 5.41) is 0. The van der Waals surface area contributed by atoms with Crippen LogP contribution < -0.4 is 0 Å². The third-order valence-electron chi connectivity index (χ3n) is 3.49. The van der Waals surface area contributed by atoms with E-state index in [0.29, 0.717) is 11.6 Å². The topological polar surface area (TPSA) is 37.9 Å². The summed E-state index contributed by atoms with van der Waals surface area (Å²) in [6, 6.07) is 4.99. The van der Waals surface area contributed by atoms with E-state index in [4.69, 9.17) is 4.74 Å². The molecule has 4 heteroatoms. The van der Waals surface area contributed by atoms with Gasteiger partial charge in [-0.25, -0.2) is 9.37 Å². The van der Waals surface area contributed by atoms with Gasteiger partial charge in [0.05, 0.1) is 11.6 Å². The first-order valence-electron chi connectivity index (χ1n) is 6.57. The summed E-state index contributed by atoms with van der Waals surface area (Å²) in [6.07, 6.45) is 5.68. The van der Waals surface area contributed by atoms with Gasteiger partial charge in [0.1, 0.15) is 11.3 Å². The number of fused-ring (bicyclic) bond motifs is 1. The molecule has 1 aliphatic rings. The highest BCUT2D eigenvalue weighted by molar-refractivity contribution is 5.75. The number of hydrogen-bond acceptors (Lipinski definition) is 2. The predicted octanol–water partition coefficient (Wildman–Crippen LogP) is 3.20. The first-order valence-corrected chi connectivity index (χ1v) is 6.57. The second-order valence-corrected chi connectivity index (χ2v) is 4.85. The first-order chi connectivity index (χ1) is 8.83. The third-order valence-corrected chi connectivity index (χ3v) is 3.49. The number of nitrogens with one attached hydrogen (secondary N) is 1. The molecular weight excluding hydrogens is 231 g/mol. The van der Waals surface area contributed by atoms with Crippen molar-refractivity contribution >= 4 is 11.0 Å². The van der Waals surface area contributed by atoms with Crippen molar-refractivity contribution in [2.24, 2.45) is 0 Å². The van der Waals surface area contributed by atoms with E-state index < -0.39 is 0 Å². The number of benzene rings is 1. The van der Waals surface area contributed by atoms with Crippen molar-refractivity contribution in [3.63, 3.8) is 0 Å². The van der Waals surface area contributed by atoms with Crippen LogP contribution >= 0.6 is 0 Å². The van der Waals surface area contributed by atoms with Crippen LogP contribution in [0.5, 0.6) is 0 Å². The highest BCUT2D eigenvalue weighted by Gasteiger charge is 2.15. The molecule has 2 aromatic rings. The van der Waals surface area contributed by atoms with Crippen LogP contribution in [0.3, 0.4) is 0 Å². The number of rotatable bonds is 3. The molecule has 0 amide bonds. The summed E-state index contributed by atoms with van der Waals surface area (Å²) in [5.41, 5.74) is 1.21. The van der Waals surface area contributed by atoms with Crippen molar-refractivity contribution in [1.82, 2.24) is 9.97 Å². The van der Waals surface area contributed by atoms with Crippen molar-refractivity contribution in [3.8, 4) is 0 Å². The van der Waals surface area contributed by atoms with Crippen LogP contribution in [0, 0.1) is 5.82 Å². The number of halogens is 1. The maximum absolute atomic E-state index is 13.5. The molecular formula is C14H17FN2O. The lowest BCUT2D eigenvalue weighted by atomic mass is 10.0. The highest BCUT2D eigenvalue weighted by atomic mass is 19.1. The number of para-hydroxylation sites is 1. The molecule has 0 bridgehead atoms. The average Bonchev–Trinajstić information content (AvgIpc) is 2.82. The fraction of sp³-hybridized carbons (Fsp3) is 0.500. The number of aromatic nitrogens is 2. The van der Waals surface area contributed by atoms with Crippen LogP contribution in [-0.2, 0) is 11.2 Å². The van der Waals surface area contributed by atoms with Gasteiger partial charge in [-0.1, -0.05) is 6.07 Å². The Hall–Kier alpha value is -1.42. The molecule has 1 aliphatic heterocycles. The quantitative estimate of drug-likeness (QED) is 0.905. The molecule has 3 rings (SSSR count). The SMILES string of the molecule is Fc1cccc2[nH]c(CCC3CCCCO3)nc12. The molecule has 0 spiro atoms. The van der Waals surface area contributed by atoms with Crippen molar-refractivity contribution in [2.75, 3.05) is 6.61 Å². The third kappa shape index (κ3) is 2.38. The molecule has 3 nitrogen and oxygen atoms in total. The molecule has 1 unspecified atom stereocenters. The van der Waals surface area contributed by atoms with Crippen LogP contribution in [-0.4, -0.2) is 22.7 Å². The molecule has 2 heterocycles. The summed E-state index contributed by atoms with van der Waals surface area (Å²) in [6.45, 7) is 0.874. The number of hydrogen-bond donors (Lipinski definition) is 1. The van der Waals surface area contributed by atoms with Gasteiger partial charge in [-0.2, -0.15) is 0 Å². The van der Waals surface area contributed by atoms with Gasteiger partial charge in [-0.05, 0) is 37.8 Å². The number of ether oxygens (including phenoxy) is 1. The molecule has 1 saturated heterocycles. The maximum atomic E-state index is 13.5. The minimum atomic E-state index is -0.260. The lowest BCUT2D eigenvalue weighted by molar-refractivity contribution is 0.0112. The molecule has 96 valence electrons. The largest absolute Gasteiger partial charge is 0.378 e. The van der Waals surface area contributed by atoms with E-state index >= 15 is 0 Å². The second-order valence-electron chi connectivity index (χ2n) is 4.85. The fourth-order valence-electron chi connectivity index (χ4n) is 2.50. The van der Waals surface area contributed by atoms with Crippen LogP contribution in [0.2, 0.25) is 0 Å². The lowest BCUT2D eigenvalue weighted by Gasteiger charge is -2.21. The number of nitrogens with zero attached hydrogens (tertiary/aromatic N) is 1. The molecule has 0 saturated carbocycles. The van der Waals surface area contributed by atoms with Crippen LogP contribution in [0.1, 0.15) is 31.5 Å². The fourth-order valence-corrected chi connectivity index (χ4v) is 2.50. The zero-order valence-electron chi connectivity index (χ0n) is 10.3. The van der Waals surface area contributed by atoms with Crippen LogP contribution in [0.25, 0.3) is 11.0 Å². The Labute approximate surface area is 105 Å². The van der Waals surface area contributed by atoms with E-state index in [9.17, 15) is 4.39 Å². The molecule has 1 aromatic heterocycles. The number of aryl methyl sites for hydroxylation is 1. The Bertz CT molecular complexity index is 532.